The van der Waals surface area contributed by atoms with Crippen LogP contribution < -0.4 is 19.9 Å². The minimum atomic E-state index is -0.575. The second kappa shape index (κ2) is 11.8. The molecule has 0 fully saturated rings. The number of fused-ring (bicyclic) bond motifs is 1. The minimum absolute atomic E-state index is 0.0361. The SMILES string of the molecule is N#CC1=C(N)Oc2cc(OC(=O)/C=C/c3ccc(Cl)cc3)ccc2C1c1ccc(OCc2ccccc2F)cc1. The van der Waals surface area contributed by atoms with Crippen molar-refractivity contribution in [3.05, 3.63) is 142 Å². The lowest BCUT2D eigenvalue weighted by atomic mass is 9.83. The van der Waals surface area contributed by atoms with Crippen LogP contribution in [0.1, 0.15) is 28.2 Å². The van der Waals surface area contributed by atoms with E-state index in [1.165, 1.54) is 12.1 Å². The van der Waals surface area contributed by atoms with Crippen molar-refractivity contribution in [2.45, 2.75) is 12.5 Å². The molecule has 0 aromatic heterocycles. The standard InChI is InChI=1S/C32H22ClFN2O4/c33-23-10-5-20(6-11-23)7-16-30(37)39-25-14-15-26-29(17-25)40-32(36)27(18-35)31(26)21-8-12-24(13-9-21)38-19-22-3-1-2-4-28(22)34/h1-17,31H,19,36H2/b16-7+. The second-order valence-electron chi connectivity index (χ2n) is 8.88. The summed E-state index contributed by atoms with van der Waals surface area (Å²) in [6.45, 7) is 0.0821. The van der Waals surface area contributed by atoms with Gasteiger partial charge in [0.15, 0.2) is 0 Å². The zero-order chi connectivity index (χ0) is 28.1. The first kappa shape index (κ1) is 26.5. The number of ether oxygens (including phenoxy) is 3. The van der Waals surface area contributed by atoms with Crippen LogP contribution in [0.4, 0.5) is 4.39 Å². The number of carbonyl (C=O) groups excluding carboxylic acids is 1. The van der Waals surface area contributed by atoms with Crippen LogP contribution in [-0.4, -0.2) is 5.97 Å². The Kier molecular flexibility index (Phi) is 7.81. The topological polar surface area (TPSA) is 94.6 Å². The van der Waals surface area contributed by atoms with Crippen molar-refractivity contribution >= 4 is 23.6 Å². The molecule has 40 heavy (non-hydrogen) atoms. The second-order valence-corrected chi connectivity index (χ2v) is 9.32. The van der Waals surface area contributed by atoms with Gasteiger partial charge >= 0.3 is 5.97 Å². The molecule has 1 unspecified atom stereocenters. The molecule has 198 valence electrons. The molecule has 2 N–H and O–H groups in total. The maximum absolute atomic E-state index is 13.9. The molecule has 0 saturated carbocycles. The molecule has 0 radical (unpaired) electrons. The highest BCUT2D eigenvalue weighted by Gasteiger charge is 2.31. The molecule has 0 amide bonds. The van der Waals surface area contributed by atoms with Crippen LogP contribution in [0.5, 0.6) is 17.2 Å². The Morgan fingerprint density at radius 3 is 2.48 bits per heavy atom. The number of esters is 1. The zero-order valence-electron chi connectivity index (χ0n) is 21.0. The van der Waals surface area contributed by atoms with Crippen molar-refractivity contribution in [2.24, 2.45) is 5.73 Å². The maximum atomic E-state index is 13.9. The zero-order valence-corrected chi connectivity index (χ0v) is 21.8. The monoisotopic (exact) mass is 552 g/mol. The fourth-order valence-electron chi connectivity index (χ4n) is 4.26. The highest BCUT2D eigenvalue weighted by atomic mass is 35.5. The first-order chi connectivity index (χ1) is 19.4. The Morgan fingerprint density at radius 1 is 1.02 bits per heavy atom. The fourth-order valence-corrected chi connectivity index (χ4v) is 4.39. The lowest BCUT2D eigenvalue weighted by molar-refractivity contribution is -0.128. The summed E-state index contributed by atoms with van der Waals surface area (Å²) < 4.78 is 30.8. The quantitative estimate of drug-likeness (QED) is 0.152. The number of nitriles is 1. The van der Waals surface area contributed by atoms with Crippen molar-refractivity contribution in [1.82, 2.24) is 0 Å². The lowest BCUT2D eigenvalue weighted by Gasteiger charge is -2.26. The first-order valence-corrected chi connectivity index (χ1v) is 12.6. The van der Waals surface area contributed by atoms with Gasteiger partial charge < -0.3 is 19.9 Å². The van der Waals surface area contributed by atoms with Crippen LogP contribution >= 0.6 is 11.6 Å². The van der Waals surface area contributed by atoms with E-state index >= 15 is 0 Å². The molecule has 6 nitrogen and oxygen atoms in total. The number of carbonyl (C=O) groups is 1. The van der Waals surface area contributed by atoms with Gasteiger partial charge in [-0.1, -0.05) is 60.1 Å². The Morgan fingerprint density at radius 2 is 1.75 bits per heavy atom. The smallest absolute Gasteiger partial charge is 0.336 e. The minimum Gasteiger partial charge on any atom is -0.489 e. The summed E-state index contributed by atoms with van der Waals surface area (Å²) in [5.74, 6) is -0.283. The highest BCUT2D eigenvalue weighted by molar-refractivity contribution is 6.30. The van der Waals surface area contributed by atoms with Crippen molar-refractivity contribution in [1.29, 1.82) is 5.26 Å². The van der Waals surface area contributed by atoms with E-state index < -0.39 is 11.9 Å². The molecule has 1 aliphatic heterocycles. The lowest BCUT2D eigenvalue weighted by Crippen LogP contribution is -2.21. The van der Waals surface area contributed by atoms with Gasteiger partial charge in [-0.2, -0.15) is 5.26 Å². The summed E-state index contributed by atoms with van der Waals surface area (Å²) in [4.78, 5) is 12.4. The van der Waals surface area contributed by atoms with Gasteiger partial charge in [-0.15, -0.1) is 0 Å². The molecular weight excluding hydrogens is 531 g/mol. The average Bonchev–Trinajstić information content (AvgIpc) is 2.96. The summed E-state index contributed by atoms with van der Waals surface area (Å²) in [5, 5.41) is 10.4. The van der Waals surface area contributed by atoms with E-state index in [0.717, 1.165) is 11.1 Å². The van der Waals surface area contributed by atoms with Crippen molar-refractivity contribution in [2.75, 3.05) is 0 Å². The summed E-state index contributed by atoms with van der Waals surface area (Å²) in [7, 11) is 0. The van der Waals surface area contributed by atoms with Gasteiger partial charge in [-0.05, 0) is 53.6 Å². The Hall–Kier alpha value is -5.06. The molecule has 5 rings (SSSR count). The van der Waals surface area contributed by atoms with E-state index in [2.05, 4.69) is 6.07 Å². The summed E-state index contributed by atoms with van der Waals surface area (Å²) in [6, 6.07) is 27.6. The number of nitrogens with two attached hydrogens (primary N) is 1. The molecular formula is C32H22ClFN2O4. The number of hydrogen-bond acceptors (Lipinski definition) is 6. The Balaban J connectivity index is 1.33. The van der Waals surface area contributed by atoms with Crippen LogP contribution in [0.3, 0.4) is 0 Å². The molecule has 0 bridgehead atoms. The van der Waals surface area contributed by atoms with Gasteiger partial charge in [0.1, 0.15) is 41.3 Å². The third kappa shape index (κ3) is 5.98. The van der Waals surface area contributed by atoms with Crippen LogP contribution in [0.25, 0.3) is 6.08 Å². The number of benzene rings is 4. The Labute approximate surface area is 235 Å². The van der Waals surface area contributed by atoms with E-state index in [0.29, 0.717) is 27.6 Å². The molecule has 0 aliphatic carbocycles. The number of allylic oxidation sites excluding steroid dienone is 1. The third-order valence-electron chi connectivity index (χ3n) is 6.26. The van der Waals surface area contributed by atoms with Gasteiger partial charge in [0.25, 0.3) is 0 Å². The fraction of sp³-hybridized carbons (Fsp3) is 0.0625. The summed E-state index contributed by atoms with van der Waals surface area (Å²) in [6.07, 6.45) is 2.93. The Bertz CT molecular complexity index is 1660. The van der Waals surface area contributed by atoms with Crippen molar-refractivity contribution in [3.63, 3.8) is 0 Å². The van der Waals surface area contributed by atoms with E-state index in [-0.39, 0.29) is 29.6 Å². The van der Waals surface area contributed by atoms with E-state index in [1.807, 2.05) is 12.1 Å². The van der Waals surface area contributed by atoms with Gasteiger partial charge in [-0.3, -0.25) is 0 Å². The third-order valence-corrected chi connectivity index (χ3v) is 6.51. The van der Waals surface area contributed by atoms with E-state index in [1.54, 1.807) is 78.9 Å². The van der Waals surface area contributed by atoms with Crippen LogP contribution in [0, 0.1) is 17.1 Å². The molecule has 1 heterocycles. The number of rotatable bonds is 7. The maximum Gasteiger partial charge on any atom is 0.336 e. The van der Waals surface area contributed by atoms with Gasteiger partial charge in [-0.25, -0.2) is 9.18 Å². The van der Waals surface area contributed by atoms with E-state index in [4.69, 9.17) is 31.5 Å². The molecule has 1 atom stereocenters. The molecule has 4 aromatic carbocycles. The number of nitrogens with zero attached hydrogens (tertiary/aromatic N) is 1. The predicted molar refractivity (Wildman–Crippen MR) is 149 cm³/mol. The number of hydrogen-bond donors (Lipinski definition) is 1. The number of halogens is 2. The molecule has 0 spiro atoms. The van der Waals surface area contributed by atoms with Crippen LogP contribution in [0.15, 0.2) is 109 Å². The normalized spacial score (nSPS) is 14.3. The average molecular weight is 553 g/mol. The van der Waals surface area contributed by atoms with Gasteiger partial charge in [0, 0.05) is 28.3 Å². The summed E-state index contributed by atoms with van der Waals surface area (Å²) >= 11 is 5.89. The predicted octanol–water partition coefficient (Wildman–Crippen LogP) is 6.90. The van der Waals surface area contributed by atoms with Gasteiger partial charge in [0.2, 0.25) is 5.88 Å². The van der Waals surface area contributed by atoms with Crippen molar-refractivity contribution < 1.29 is 23.4 Å². The molecule has 8 heteroatoms. The summed E-state index contributed by atoms with van der Waals surface area (Å²) in [5.41, 5.74) is 9.06. The van der Waals surface area contributed by atoms with Crippen LogP contribution in [0.2, 0.25) is 5.02 Å². The largest absolute Gasteiger partial charge is 0.489 e. The highest BCUT2D eigenvalue weighted by Crippen LogP contribution is 2.43. The molecule has 0 saturated heterocycles. The molecule has 4 aromatic rings. The van der Waals surface area contributed by atoms with Crippen LogP contribution in [-0.2, 0) is 11.4 Å². The van der Waals surface area contributed by atoms with Gasteiger partial charge in [0.05, 0.1) is 5.92 Å². The van der Waals surface area contributed by atoms with E-state index in [9.17, 15) is 14.4 Å². The molecule has 1 aliphatic rings. The first-order valence-electron chi connectivity index (χ1n) is 12.2. The van der Waals surface area contributed by atoms with Crippen molar-refractivity contribution in [3.8, 4) is 23.3 Å².